The normalized spacial score (nSPS) is 29.3. The monoisotopic (exact) mass is 306 g/mol. The molecule has 1 aliphatic heterocycles. The van der Waals surface area contributed by atoms with Crippen molar-refractivity contribution < 1.29 is 19.0 Å². The molecule has 0 N–H and O–H groups in total. The predicted octanol–water partition coefficient (Wildman–Crippen LogP) is 3.05. The Balaban J connectivity index is 2.07. The quantitative estimate of drug-likeness (QED) is 0.758. The lowest BCUT2D eigenvalue weighted by Gasteiger charge is -2.25. The number of esters is 1. The van der Waals surface area contributed by atoms with E-state index in [0.717, 1.165) is 12.8 Å². The van der Waals surface area contributed by atoms with Gasteiger partial charge in [-0.15, -0.1) is 0 Å². The molecule has 1 aliphatic rings. The summed E-state index contributed by atoms with van der Waals surface area (Å²) < 4.78 is 16.4. The van der Waals surface area contributed by atoms with Crippen molar-refractivity contribution >= 4 is 5.97 Å². The van der Waals surface area contributed by atoms with E-state index < -0.39 is 0 Å². The first-order valence-electron chi connectivity index (χ1n) is 7.88. The summed E-state index contributed by atoms with van der Waals surface area (Å²) in [6.45, 7) is 4.00. The standard InChI is InChI=1S/C18H26O4/c1-12(17(19)20-3)16-13(2)18(21-4)22-15(16)11-10-14-8-6-5-7-9-14/h5-9,12-13,15-16,18H,10-11H2,1-4H3/t12-,13-,15-,16+,18-/m1/s1. The number of carbonyl (C=O) groups excluding carboxylic acids is 1. The highest BCUT2D eigenvalue weighted by molar-refractivity contribution is 5.72. The Labute approximate surface area is 132 Å². The highest BCUT2D eigenvalue weighted by Crippen LogP contribution is 2.40. The van der Waals surface area contributed by atoms with E-state index in [1.165, 1.54) is 12.7 Å². The zero-order valence-electron chi connectivity index (χ0n) is 13.8. The van der Waals surface area contributed by atoms with Gasteiger partial charge in [-0.25, -0.2) is 0 Å². The largest absolute Gasteiger partial charge is 0.469 e. The minimum absolute atomic E-state index is 0.00857. The van der Waals surface area contributed by atoms with Crippen molar-refractivity contribution in [3.8, 4) is 0 Å². The number of benzene rings is 1. The molecule has 1 fully saturated rings. The smallest absolute Gasteiger partial charge is 0.308 e. The highest BCUT2D eigenvalue weighted by Gasteiger charge is 2.46. The molecular weight excluding hydrogens is 280 g/mol. The van der Waals surface area contributed by atoms with Gasteiger partial charge in [0.15, 0.2) is 6.29 Å². The van der Waals surface area contributed by atoms with Gasteiger partial charge in [-0.3, -0.25) is 4.79 Å². The molecule has 1 heterocycles. The van der Waals surface area contributed by atoms with Gasteiger partial charge in [0.25, 0.3) is 0 Å². The van der Waals surface area contributed by atoms with Crippen LogP contribution in [0.1, 0.15) is 25.8 Å². The van der Waals surface area contributed by atoms with Gasteiger partial charge in [-0.1, -0.05) is 44.2 Å². The third-order valence-corrected chi connectivity index (χ3v) is 4.72. The Morgan fingerprint density at radius 1 is 1.27 bits per heavy atom. The molecule has 1 aromatic rings. The van der Waals surface area contributed by atoms with Crippen LogP contribution in [0.15, 0.2) is 30.3 Å². The predicted molar refractivity (Wildman–Crippen MR) is 84.3 cm³/mol. The second kappa shape index (κ2) is 7.75. The van der Waals surface area contributed by atoms with Crippen LogP contribution in [0, 0.1) is 17.8 Å². The second-order valence-corrected chi connectivity index (χ2v) is 6.05. The number of hydrogen-bond donors (Lipinski definition) is 0. The number of carbonyl (C=O) groups is 1. The Hall–Kier alpha value is -1.39. The third-order valence-electron chi connectivity index (χ3n) is 4.72. The SMILES string of the molecule is COC(=O)[C@H](C)[C@H]1[C@@H](C)[C@H](OC)O[C@@H]1CCc1ccccc1. The first-order valence-corrected chi connectivity index (χ1v) is 7.88. The molecule has 4 nitrogen and oxygen atoms in total. The summed E-state index contributed by atoms with van der Waals surface area (Å²) in [4.78, 5) is 11.9. The number of rotatable bonds is 6. The van der Waals surface area contributed by atoms with E-state index >= 15 is 0 Å². The van der Waals surface area contributed by atoms with Gasteiger partial charge in [0.2, 0.25) is 0 Å². The summed E-state index contributed by atoms with van der Waals surface area (Å²) in [7, 11) is 3.09. The summed E-state index contributed by atoms with van der Waals surface area (Å²) in [6.07, 6.45) is 1.56. The van der Waals surface area contributed by atoms with Crippen molar-refractivity contribution in [1.82, 2.24) is 0 Å². The van der Waals surface area contributed by atoms with E-state index in [9.17, 15) is 4.79 Å². The zero-order valence-corrected chi connectivity index (χ0v) is 13.8. The fourth-order valence-corrected chi connectivity index (χ4v) is 3.51. The van der Waals surface area contributed by atoms with Crippen LogP contribution in [0.3, 0.4) is 0 Å². The lowest BCUT2D eigenvalue weighted by molar-refractivity contribution is -0.148. The lowest BCUT2D eigenvalue weighted by Crippen LogP contribution is -2.32. The van der Waals surface area contributed by atoms with Crippen molar-refractivity contribution in [3.05, 3.63) is 35.9 Å². The average Bonchev–Trinajstić information content (AvgIpc) is 2.88. The maximum atomic E-state index is 11.9. The molecule has 2 rings (SSSR count). The first kappa shape index (κ1) is 17.0. The van der Waals surface area contributed by atoms with E-state index in [1.54, 1.807) is 7.11 Å². The summed E-state index contributed by atoms with van der Waals surface area (Å²) in [6, 6.07) is 10.3. The van der Waals surface area contributed by atoms with Gasteiger partial charge >= 0.3 is 5.97 Å². The maximum Gasteiger partial charge on any atom is 0.308 e. The van der Waals surface area contributed by atoms with Crippen LogP contribution in [0.2, 0.25) is 0 Å². The molecule has 5 atom stereocenters. The van der Waals surface area contributed by atoms with Crippen molar-refractivity contribution in [2.75, 3.05) is 14.2 Å². The molecule has 0 bridgehead atoms. The number of aryl methyl sites for hydroxylation is 1. The van der Waals surface area contributed by atoms with Gasteiger partial charge in [0, 0.05) is 18.9 Å². The molecule has 0 spiro atoms. The van der Waals surface area contributed by atoms with Crippen molar-refractivity contribution in [3.63, 3.8) is 0 Å². The van der Waals surface area contributed by atoms with Gasteiger partial charge in [-0.2, -0.15) is 0 Å². The number of ether oxygens (including phenoxy) is 3. The molecule has 22 heavy (non-hydrogen) atoms. The van der Waals surface area contributed by atoms with Gasteiger partial charge in [0.1, 0.15) is 0 Å². The van der Waals surface area contributed by atoms with E-state index in [2.05, 4.69) is 19.1 Å². The lowest BCUT2D eigenvalue weighted by atomic mass is 9.79. The fourth-order valence-electron chi connectivity index (χ4n) is 3.51. The van der Waals surface area contributed by atoms with Gasteiger partial charge < -0.3 is 14.2 Å². The molecule has 0 amide bonds. The minimum atomic E-state index is -0.252. The summed E-state index contributed by atoms with van der Waals surface area (Å²) in [5, 5.41) is 0. The number of hydrogen-bond acceptors (Lipinski definition) is 4. The second-order valence-electron chi connectivity index (χ2n) is 6.05. The van der Waals surface area contributed by atoms with Gasteiger partial charge in [-0.05, 0) is 18.4 Å². The number of methoxy groups -OCH3 is 2. The zero-order chi connectivity index (χ0) is 16.1. The van der Waals surface area contributed by atoms with Crippen LogP contribution >= 0.6 is 0 Å². The molecule has 0 unspecified atom stereocenters. The fraction of sp³-hybridized carbons (Fsp3) is 0.611. The summed E-state index contributed by atoms with van der Waals surface area (Å²) in [5.41, 5.74) is 1.28. The highest BCUT2D eigenvalue weighted by atomic mass is 16.7. The van der Waals surface area contributed by atoms with Crippen LogP contribution in [0.4, 0.5) is 0 Å². The Morgan fingerprint density at radius 2 is 1.95 bits per heavy atom. The van der Waals surface area contributed by atoms with Crippen molar-refractivity contribution in [2.24, 2.45) is 17.8 Å². The molecule has 0 aliphatic carbocycles. The van der Waals surface area contributed by atoms with E-state index in [4.69, 9.17) is 14.2 Å². The third kappa shape index (κ3) is 3.68. The van der Waals surface area contributed by atoms with Crippen LogP contribution in [0.5, 0.6) is 0 Å². The molecule has 1 saturated heterocycles. The van der Waals surface area contributed by atoms with Crippen LogP contribution < -0.4 is 0 Å². The Bertz CT molecular complexity index is 473. The molecule has 0 saturated carbocycles. The van der Waals surface area contributed by atoms with Crippen molar-refractivity contribution in [1.29, 1.82) is 0 Å². The summed E-state index contributed by atoms with van der Waals surface area (Å²) >= 11 is 0. The molecule has 0 aromatic heterocycles. The molecule has 1 aromatic carbocycles. The van der Waals surface area contributed by atoms with Crippen LogP contribution in [-0.2, 0) is 25.4 Å². The van der Waals surface area contributed by atoms with E-state index in [1.807, 2.05) is 25.1 Å². The topological polar surface area (TPSA) is 44.8 Å². The van der Waals surface area contributed by atoms with Gasteiger partial charge in [0.05, 0.1) is 19.1 Å². The maximum absolute atomic E-state index is 11.9. The Morgan fingerprint density at radius 3 is 2.55 bits per heavy atom. The average molecular weight is 306 g/mol. The molecule has 122 valence electrons. The van der Waals surface area contributed by atoms with E-state index in [-0.39, 0.29) is 36.1 Å². The first-order chi connectivity index (χ1) is 10.6. The minimum Gasteiger partial charge on any atom is -0.469 e. The van der Waals surface area contributed by atoms with Crippen molar-refractivity contribution in [2.45, 2.75) is 39.1 Å². The van der Waals surface area contributed by atoms with E-state index in [0.29, 0.717) is 0 Å². The molecular formula is C18H26O4. The molecule has 0 radical (unpaired) electrons. The van der Waals surface area contributed by atoms with Crippen LogP contribution in [0.25, 0.3) is 0 Å². The molecule has 4 heteroatoms. The summed E-state index contributed by atoms with van der Waals surface area (Å²) in [5.74, 6) is -0.0937. The Kier molecular flexibility index (Phi) is 5.98. The van der Waals surface area contributed by atoms with Crippen LogP contribution in [-0.4, -0.2) is 32.6 Å².